The molecule has 0 fully saturated rings. The topological polar surface area (TPSA) is 37.4 Å². The third kappa shape index (κ3) is 4.44. The molecular weight excluding hydrogens is 250 g/mol. The number of halogens is 1. The van der Waals surface area contributed by atoms with E-state index in [1.807, 2.05) is 12.3 Å². The molecule has 1 rings (SSSR count). The number of pyridine rings is 1. The van der Waals surface area contributed by atoms with E-state index in [4.69, 9.17) is 16.3 Å². The van der Waals surface area contributed by atoms with Crippen molar-refractivity contribution >= 4 is 17.4 Å². The molecule has 0 saturated carbocycles. The van der Waals surface area contributed by atoms with Gasteiger partial charge in [0.25, 0.3) is 0 Å². The molecule has 4 nitrogen and oxygen atoms in total. The molecule has 0 atom stereocenters. The Kier molecular flexibility index (Phi) is 7.01. The second kappa shape index (κ2) is 8.29. The number of hydrogen-bond acceptors (Lipinski definition) is 4. The molecule has 0 aliphatic heterocycles. The van der Waals surface area contributed by atoms with Crippen LogP contribution >= 0.6 is 11.6 Å². The Morgan fingerprint density at radius 3 is 2.78 bits per heavy atom. The average Bonchev–Trinajstić information content (AvgIpc) is 2.39. The number of methoxy groups -OCH3 is 1. The van der Waals surface area contributed by atoms with Crippen LogP contribution in [0, 0.1) is 0 Å². The zero-order chi connectivity index (χ0) is 13.4. The van der Waals surface area contributed by atoms with Gasteiger partial charge in [-0.3, -0.25) is 0 Å². The molecule has 0 radical (unpaired) electrons. The minimum atomic E-state index is 0.672. The van der Waals surface area contributed by atoms with Gasteiger partial charge in [-0.25, -0.2) is 4.98 Å². The fourth-order valence-corrected chi connectivity index (χ4v) is 1.99. The first kappa shape index (κ1) is 15.2. The number of hydrogen-bond donors (Lipinski definition) is 1. The number of likely N-dealkylation sites (N-methyl/N-ethyl adjacent to an activating group) is 1. The molecular formula is C13H22ClN3O. The zero-order valence-corrected chi connectivity index (χ0v) is 12.1. The smallest absolute Gasteiger partial charge is 0.147 e. The van der Waals surface area contributed by atoms with Crippen molar-refractivity contribution in [1.82, 2.24) is 10.3 Å². The first-order valence-corrected chi connectivity index (χ1v) is 6.69. The molecule has 0 unspecified atom stereocenters. The molecule has 1 aromatic rings. The van der Waals surface area contributed by atoms with Gasteiger partial charge in [0.2, 0.25) is 0 Å². The third-order valence-corrected chi connectivity index (χ3v) is 2.98. The lowest BCUT2D eigenvalue weighted by molar-refractivity contribution is 0.205. The predicted molar refractivity (Wildman–Crippen MR) is 76.4 cm³/mol. The van der Waals surface area contributed by atoms with E-state index in [2.05, 4.69) is 29.0 Å². The maximum Gasteiger partial charge on any atom is 0.147 e. The molecule has 0 amide bonds. The number of rotatable bonds is 8. The maximum absolute atomic E-state index is 6.29. The fraction of sp³-hybridized carbons (Fsp3) is 0.615. The van der Waals surface area contributed by atoms with Gasteiger partial charge >= 0.3 is 0 Å². The van der Waals surface area contributed by atoms with E-state index in [9.17, 15) is 0 Å². The van der Waals surface area contributed by atoms with Crippen LogP contribution in [0.2, 0.25) is 5.02 Å². The Morgan fingerprint density at radius 1 is 1.44 bits per heavy atom. The summed E-state index contributed by atoms with van der Waals surface area (Å²) in [5, 5.41) is 3.95. The molecule has 18 heavy (non-hydrogen) atoms. The van der Waals surface area contributed by atoms with Crippen LogP contribution in [0.3, 0.4) is 0 Å². The molecule has 0 bridgehead atoms. The minimum absolute atomic E-state index is 0.672. The molecule has 0 spiro atoms. The first-order chi connectivity index (χ1) is 8.72. The summed E-state index contributed by atoms with van der Waals surface area (Å²) in [6.07, 6.45) is 1.87. The second-order valence-corrected chi connectivity index (χ2v) is 4.41. The number of nitrogens with zero attached hydrogens (tertiary/aromatic N) is 2. The number of aromatic nitrogens is 1. The van der Waals surface area contributed by atoms with E-state index < -0.39 is 0 Å². The van der Waals surface area contributed by atoms with Gasteiger partial charge in [-0.05, 0) is 25.1 Å². The Hall–Kier alpha value is -0.840. The van der Waals surface area contributed by atoms with E-state index in [0.29, 0.717) is 11.6 Å². The lowest BCUT2D eigenvalue weighted by Gasteiger charge is -2.22. The highest BCUT2D eigenvalue weighted by atomic mass is 35.5. The summed E-state index contributed by atoms with van der Waals surface area (Å²) in [5.74, 6) is 0.830. The van der Waals surface area contributed by atoms with Gasteiger partial charge < -0.3 is 15.0 Å². The van der Waals surface area contributed by atoms with Crippen molar-refractivity contribution in [2.45, 2.75) is 20.4 Å². The van der Waals surface area contributed by atoms with E-state index >= 15 is 0 Å². The molecule has 1 N–H and O–H groups in total. The van der Waals surface area contributed by atoms with E-state index in [1.165, 1.54) is 0 Å². The number of ether oxygens (including phenoxy) is 1. The Bertz CT molecular complexity index is 360. The zero-order valence-electron chi connectivity index (χ0n) is 11.4. The van der Waals surface area contributed by atoms with Crippen molar-refractivity contribution < 1.29 is 4.74 Å². The maximum atomic E-state index is 6.29. The first-order valence-electron chi connectivity index (χ1n) is 6.31. The van der Waals surface area contributed by atoms with Gasteiger partial charge in [0.1, 0.15) is 5.82 Å². The lowest BCUT2D eigenvalue weighted by atomic mass is 10.2. The summed E-state index contributed by atoms with van der Waals surface area (Å²) in [7, 11) is 1.70. The second-order valence-electron chi connectivity index (χ2n) is 4.00. The van der Waals surface area contributed by atoms with Crippen LogP contribution in [0.15, 0.2) is 12.3 Å². The molecule has 1 aromatic heterocycles. The van der Waals surface area contributed by atoms with E-state index in [0.717, 1.165) is 37.6 Å². The van der Waals surface area contributed by atoms with Crippen LogP contribution in [-0.2, 0) is 11.3 Å². The summed E-state index contributed by atoms with van der Waals surface area (Å²) < 4.78 is 5.09. The van der Waals surface area contributed by atoms with E-state index in [1.54, 1.807) is 7.11 Å². The SMILES string of the molecule is CCNCc1cnc(N(CC)CCOC)c(Cl)c1. The normalized spacial score (nSPS) is 10.7. The van der Waals surface area contributed by atoms with Crippen LogP contribution < -0.4 is 10.2 Å². The predicted octanol–water partition coefficient (Wildman–Crippen LogP) is 2.32. The number of anilines is 1. The van der Waals surface area contributed by atoms with E-state index in [-0.39, 0.29) is 0 Å². The molecule has 0 aliphatic rings. The molecule has 0 saturated heterocycles. The summed E-state index contributed by atoms with van der Waals surface area (Å²) in [6, 6.07) is 1.97. The largest absolute Gasteiger partial charge is 0.383 e. The van der Waals surface area contributed by atoms with Crippen molar-refractivity contribution in [2.24, 2.45) is 0 Å². The van der Waals surface area contributed by atoms with Crippen LogP contribution in [0.5, 0.6) is 0 Å². The van der Waals surface area contributed by atoms with Crippen molar-refractivity contribution in [3.8, 4) is 0 Å². The highest BCUT2D eigenvalue weighted by Gasteiger charge is 2.10. The van der Waals surface area contributed by atoms with Crippen molar-refractivity contribution in [3.05, 3.63) is 22.8 Å². The lowest BCUT2D eigenvalue weighted by Crippen LogP contribution is -2.28. The highest BCUT2D eigenvalue weighted by Crippen LogP contribution is 2.23. The standard InChI is InChI=1S/C13H22ClN3O/c1-4-15-9-11-8-12(14)13(16-10-11)17(5-2)6-7-18-3/h8,10,15H,4-7,9H2,1-3H3. The van der Waals surface area contributed by atoms with Crippen LogP contribution in [-0.4, -0.2) is 38.3 Å². The van der Waals surface area contributed by atoms with Gasteiger partial charge in [0.15, 0.2) is 0 Å². The summed E-state index contributed by atoms with van der Waals surface area (Å²) in [5.41, 5.74) is 1.10. The van der Waals surface area contributed by atoms with Gasteiger partial charge in [-0.15, -0.1) is 0 Å². The monoisotopic (exact) mass is 271 g/mol. The summed E-state index contributed by atoms with van der Waals surface area (Å²) >= 11 is 6.29. The van der Waals surface area contributed by atoms with Crippen LogP contribution in [0.4, 0.5) is 5.82 Å². The third-order valence-electron chi connectivity index (χ3n) is 2.70. The Balaban J connectivity index is 2.75. The quantitative estimate of drug-likeness (QED) is 0.787. The van der Waals surface area contributed by atoms with Crippen molar-refractivity contribution in [1.29, 1.82) is 0 Å². The van der Waals surface area contributed by atoms with Crippen molar-refractivity contribution in [2.75, 3.05) is 38.3 Å². The summed E-state index contributed by atoms with van der Waals surface area (Å²) in [4.78, 5) is 6.57. The molecule has 102 valence electrons. The van der Waals surface area contributed by atoms with Gasteiger partial charge in [0, 0.05) is 32.9 Å². The molecule has 0 aromatic carbocycles. The average molecular weight is 272 g/mol. The summed E-state index contributed by atoms with van der Waals surface area (Å²) in [6.45, 7) is 8.23. The van der Waals surface area contributed by atoms with Crippen LogP contribution in [0.25, 0.3) is 0 Å². The number of nitrogens with one attached hydrogen (secondary N) is 1. The molecule has 5 heteroatoms. The Morgan fingerprint density at radius 2 is 2.22 bits per heavy atom. The fourth-order valence-electron chi connectivity index (χ4n) is 1.68. The Labute approximate surface area is 114 Å². The highest BCUT2D eigenvalue weighted by molar-refractivity contribution is 6.33. The van der Waals surface area contributed by atoms with Crippen molar-refractivity contribution in [3.63, 3.8) is 0 Å². The molecule has 1 heterocycles. The molecule has 0 aliphatic carbocycles. The minimum Gasteiger partial charge on any atom is -0.383 e. The van der Waals surface area contributed by atoms with Gasteiger partial charge in [-0.1, -0.05) is 18.5 Å². The van der Waals surface area contributed by atoms with Gasteiger partial charge in [-0.2, -0.15) is 0 Å². The van der Waals surface area contributed by atoms with Gasteiger partial charge in [0.05, 0.1) is 11.6 Å². The van der Waals surface area contributed by atoms with Crippen LogP contribution in [0.1, 0.15) is 19.4 Å².